The minimum absolute atomic E-state index is 0.158. The zero-order chi connectivity index (χ0) is 23.0. The number of hydrogen-bond donors (Lipinski definition) is 2. The molecule has 2 aliphatic heterocycles. The van der Waals surface area contributed by atoms with Crippen molar-refractivity contribution in [3.63, 3.8) is 0 Å². The van der Waals surface area contributed by atoms with Crippen LogP contribution in [-0.2, 0) is 11.3 Å². The zero-order valence-electron chi connectivity index (χ0n) is 19.2. The van der Waals surface area contributed by atoms with Crippen LogP contribution in [0.2, 0.25) is 10.0 Å². The number of nitrogens with one attached hydrogen (secondary N) is 2. The molecule has 2 heterocycles. The summed E-state index contributed by atoms with van der Waals surface area (Å²) in [5, 5.41) is 13.2. The molecule has 0 saturated carbocycles. The van der Waals surface area contributed by atoms with Crippen molar-refractivity contribution in [1.29, 1.82) is 5.41 Å². The first-order chi connectivity index (χ1) is 16.1. The van der Waals surface area contributed by atoms with Gasteiger partial charge in [-0.25, -0.2) is 0 Å². The molecule has 7 heteroatoms. The van der Waals surface area contributed by atoms with E-state index in [4.69, 9.17) is 33.3 Å². The predicted octanol–water partition coefficient (Wildman–Crippen LogP) is 5.90. The lowest BCUT2D eigenvalue weighted by Gasteiger charge is -2.28. The average Bonchev–Trinajstić information content (AvgIpc) is 3.49. The van der Waals surface area contributed by atoms with Crippen molar-refractivity contribution in [3.8, 4) is 0 Å². The number of rotatable bonds is 10. The summed E-state index contributed by atoms with van der Waals surface area (Å²) in [4.78, 5) is 5.23. The SMILES string of the molecule is N=C(OCCCN1CCCC1CN1CCCC1)c1cc(Cl)ccc1NCc1ccc(Cl)cc1. The summed E-state index contributed by atoms with van der Waals surface area (Å²) in [6.45, 7) is 7.12. The van der Waals surface area contributed by atoms with Gasteiger partial charge in [-0.2, -0.15) is 0 Å². The van der Waals surface area contributed by atoms with E-state index in [9.17, 15) is 0 Å². The lowest BCUT2D eigenvalue weighted by Crippen LogP contribution is -2.40. The molecule has 5 nitrogen and oxygen atoms in total. The fourth-order valence-electron chi connectivity index (χ4n) is 4.84. The average molecular weight is 489 g/mol. The maximum atomic E-state index is 8.50. The molecule has 0 aliphatic carbocycles. The Morgan fingerprint density at radius 3 is 2.55 bits per heavy atom. The third-order valence-corrected chi connectivity index (χ3v) is 7.11. The van der Waals surface area contributed by atoms with Gasteiger partial charge in [-0.3, -0.25) is 10.3 Å². The lowest BCUT2D eigenvalue weighted by molar-refractivity contribution is 0.177. The predicted molar refractivity (Wildman–Crippen MR) is 138 cm³/mol. The first kappa shape index (κ1) is 24.3. The summed E-state index contributed by atoms with van der Waals surface area (Å²) in [6.07, 6.45) is 6.22. The van der Waals surface area contributed by atoms with E-state index in [-0.39, 0.29) is 5.90 Å². The number of anilines is 1. The van der Waals surface area contributed by atoms with Crippen molar-refractivity contribution in [2.24, 2.45) is 0 Å². The van der Waals surface area contributed by atoms with Crippen LogP contribution in [0.25, 0.3) is 0 Å². The summed E-state index contributed by atoms with van der Waals surface area (Å²) in [6, 6.07) is 13.9. The second-order valence-corrected chi connectivity index (χ2v) is 9.91. The van der Waals surface area contributed by atoms with Crippen molar-refractivity contribution >= 4 is 34.8 Å². The van der Waals surface area contributed by atoms with Crippen LogP contribution in [0, 0.1) is 5.41 Å². The van der Waals surface area contributed by atoms with E-state index in [2.05, 4.69) is 15.1 Å². The van der Waals surface area contributed by atoms with Gasteiger partial charge in [0.25, 0.3) is 0 Å². The van der Waals surface area contributed by atoms with Crippen molar-refractivity contribution < 1.29 is 4.74 Å². The minimum atomic E-state index is 0.158. The second-order valence-electron chi connectivity index (χ2n) is 9.04. The van der Waals surface area contributed by atoms with Gasteiger partial charge in [0, 0.05) is 41.4 Å². The van der Waals surface area contributed by atoms with Crippen molar-refractivity contribution in [2.45, 2.75) is 44.7 Å². The number of benzene rings is 2. The van der Waals surface area contributed by atoms with Crippen LogP contribution in [0.15, 0.2) is 42.5 Å². The zero-order valence-corrected chi connectivity index (χ0v) is 20.7. The Bertz CT molecular complexity index is 915. The van der Waals surface area contributed by atoms with Gasteiger partial charge in [0.1, 0.15) is 0 Å². The lowest BCUT2D eigenvalue weighted by atomic mass is 10.1. The van der Waals surface area contributed by atoms with Crippen LogP contribution in [0.5, 0.6) is 0 Å². The number of nitrogens with zero attached hydrogens (tertiary/aromatic N) is 2. The Kier molecular flexibility index (Phi) is 8.90. The molecule has 1 atom stereocenters. The second kappa shape index (κ2) is 12.1. The Labute approximate surface area is 207 Å². The largest absolute Gasteiger partial charge is 0.478 e. The standard InChI is InChI=1S/C26H34Cl2N4O/c27-21-8-6-20(7-9-21)18-30-25-11-10-22(28)17-24(25)26(29)33-16-4-15-32-14-3-5-23(32)19-31-12-1-2-13-31/h6-11,17,23,29-30H,1-5,12-16,18-19H2. The Morgan fingerprint density at radius 1 is 1.00 bits per heavy atom. The molecular formula is C26H34Cl2N4O. The van der Waals surface area contributed by atoms with Gasteiger partial charge < -0.3 is 15.0 Å². The highest BCUT2D eigenvalue weighted by molar-refractivity contribution is 6.31. The Balaban J connectivity index is 1.25. The molecule has 2 aliphatic rings. The van der Waals surface area contributed by atoms with Crippen molar-refractivity contribution in [1.82, 2.24) is 9.80 Å². The molecule has 0 amide bonds. The van der Waals surface area contributed by atoms with Gasteiger partial charge in [-0.1, -0.05) is 35.3 Å². The van der Waals surface area contributed by atoms with Crippen molar-refractivity contribution in [2.75, 3.05) is 44.6 Å². The van der Waals surface area contributed by atoms with E-state index in [0.717, 1.165) is 29.2 Å². The highest BCUT2D eigenvalue weighted by Crippen LogP contribution is 2.24. The number of hydrogen-bond acceptors (Lipinski definition) is 5. The van der Waals surface area contributed by atoms with Gasteiger partial charge in [0.15, 0.2) is 0 Å². The summed E-state index contributed by atoms with van der Waals surface area (Å²) >= 11 is 12.2. The number of ether oxygens (including phenoxy) is 1. The van der Waals surface area contributed by atoms with Crippen molar-refractivity contribution in [3.05, 3.63) is 63.6 Å². The summed E-state index contributed by atoms with van der Waals surface area (Å²) in [7, 11) is 0. The molecular weight excluding hydrogens is 455 g/mol. The summed E-state index contributed by atoms with van der Waals surface area (Å²) in [5.74, 6) is 0.158. The molecule has 2 aromatic rings. The van der Waals surface area contributed by atoms with E-state index in [1.165, 1.54) is 51.9 Å². The van der Waals surface area contributed by atoms with E-state index in [1.807, 2.05) is 36.4 Å². The first-order valence-electron chi connectivity index (χ1n) is 12.0. The smallest absolute Gasteiger partial charge is 0.215 e. The molecule has 2 fully saturated rings. The summed E-state index contributed by atoms with van der Waals surface area (Å²) < 4.78 is 5.85. The molecule has 2 aromatic carbocycles. The van der Waals surface area contributed by atoms with Gasteiger partial charge in [-0.15, -0.1) is 0 Å². The first-order valence-corrected chi connectivity index (χ1v) is 12.8. The molecule has 1 unspecified atom stereocenters. The van der Waals surface area contributed by atoms with E-state index < -0.39 is 0 Å². The molecule has 2 saturated heterocycles. The minimum Gasteiger partial charge on any atom is -0.478 e. The van der Waals surface area contributed by atoms with Crippen LogP contribution in [0.3, 0.4) is 0 Å². The van der Waals surface area contributed by atoms with Gasteiger partial charge >= 0.3 is 0 Å². The van der Waals surface area contributed by atoms with E-state index in [0.29, 0.717) is 29.8 Å². The Morgan fingerprint density at radius 2 is 1.76 bits per heavy atom. The van der Waals surface area contributed by atoms with Gasteiger partial charge in [0.05, 0.1) is 12.2 Å². The van der Waals surface area contributed by atoms with Crippen LogP contribution in [0.4, 0.5) is 5.69 Å². The van der Waals surface area contributed by atoms with E-state index in [1.54, 1.807) is 6.07 Å². The third kappa shape index (κ3) is 7.10. The third-order valence-electron chi connectivity index (χ3n) is 6.63. The maximum Gasteiger partial charge on any atom is 0.215 e. The molecule has 0 spiro atoms. The maximum absolute atomic E-state index is 8.50. The van der Waals surface area contributed by atoms with Crippen LogP contribution >= 0.6 is 23.2 Å². The number of likely N-dealkylation sites (tertiary alicyclic amines) is 2. The molecule has 0 radical (unpaired) electrons. The molecule has 4 rings (SSSR count). The van der Waals surface area contributed by atoms with Gasteiger partial charge in [-0.05, 0) is 87.6 Å². The number of halogens is 2. The topological polar surface area (TPSA) is 51.6 Å². The fraction of sp³-hybridized carbons (Fsp3) is 0.500. The van der Waals surface area contributed by atoms with Crippen LogP contribution in [0.1, 0.15) is 43.2 Å². The quantitative estimate of drug-likeness (QED) is 0.248. The van der Waals surface area contributed by atoms with Crippen LogP contribution < -0.4 is 5.32 Å². The fourth-order valence-corrected chi connectivity index (χ4v) is 5.14. The monoisotopic (exact) mass is 488 g/mol. The van der Waals surface area contributed by atoms with Crippen LogP contribution in [-0.4, -0.2) is 61.1 Å². The molecule has 33 heavy (non-hydrogen) atoms. The Hall–Kier alpha value is -1.79. The van der Waals surface area contributed by atoms with Gasteiger partial charge in [0.2, 0.25) is 5.90 Å². The molecule has 178 valence electrons. The molecule has 2 N–H and O–H groups in total. The molecule has 0 aromatic heterocycles. The highest BCUT2D eigenvalue weighted by Gasteiger charge is 2.27. The summed E-state index contributed by atoms with van der Waals surface area (Å²) in [5.41, 5.74) is 2.64. The van der Waals surface area contributed by atoms with E-state index >= 15 is 0 Å². The normalized spacial score (nSPS) is 19.2. The molecule has 0 bridgehead atoms. The highest BCUT2D eigenvalue weighted by atomic mass is 35.5.